The average Bonchev–Trinajstić information content (AvgIpc) is 2.75. The van der Waals surface area contributed by atoms with Crippen LogP contribution < -0.4 is 10.2 Å². The molecule has 0 saturated heterocycles. The number of nitrogens with one attached hydrogen (secondary N) is 1. The molecule has 0 aliphatic carbocycles. The standard InChI is InChI=1S/C13H18N4S/c1-10-15-12(9-18-10)8-17(3)13-6-4-5-11(16-13)7-14-2/h4-6,9,14H,7-8H2,1-3H3. The van der Waals surface area contributed by atoms with Crippen molar-refractivity contribution in [3.63, 3.8) is 0 Å². The summed E-state index contributed by atoms with van der Waals surface area (Å²) in [7, 11) is 3.97. The van der Waals surface area contributed by atoms with Crippen LogP contribution in [0.3, 0.4) is 0 Å². The van der Waals surface area contributed by atoms with Gasteiger partial charge in [0.05, 0.1) is 22.9 Å². The van der Waals surface area contributed by atoms with Gasteiger partial charge < -0.3 is 10.2 Å². The Balaban J connectivity index is 2.08. The van der Waals surface area contributed by atoms with E-state index < -0.39 is 0 Å². The minimum atomic E-state index is 0.789. The molecule has 0 saturated carbocycles. The zero-order valence-electron chi connectivity index (χ0n) is 11.0. The van der Waals surface area contributed by atoms with Crippen molar-refractivity contribution in [2.45, 2.75) is 20.0 Å². The van der Waals surface area contributed by atoms with Gasteiger partial charge in [0.25, 0.3) is 0 Å². The molecule has 0 unspecified atom stereocenters. The van der Waals surface area contributed by atoms with E-state index in [1.807, 2.05) is 39.2 Å². The maximum absolute atomic E-state index is 4.60. The third kappa shape index (κ3) is 3.27. The fraction of sp³-hybridized carbons (Fsp3) is 0.385. The summed E-state index contributed by atoms with van der Waals surface area (Å²) in [6.45, 7) is 3.61. The van der Waals surface area contributed by atoms with Crippen molar-refractivity contribution in [3.8, 4) is 0 Å². The first kappa shape index (κ1) is 13.0. The second kappa shape index (κ2) is 5.93. The van der Waals surface area contributed by atoms with Gasteiger partial charge in [0, 0.05) is 19.0 Å². The number of aryl methyl sites for hydroxylation is 1. The molecule has 0 amide bonds. The summed E-state index contributed by atoms with van der Waals surface area (Å²) in [4.78, 5) is 11.2. The summed E-state index contributed by atoms with van der Waals surface area (Å²) in [5.74, 6) is 0.980. The van der Waals surface area contributed by atoms with Gasteiger partial charge in [-0.05, 0) is 26.1 Å². The second-order valence-corrected chi connectivity index (χ2v) is 5.29. The number of thiazole rings is 1. The van der Waals surface area contributed by atoms with Gasteiger partial charge in [0.2, 0.25) is 0 Å². The molecule has 0 fully saturated rings. The van der Waals surface area contributed by atoms with Crippen molar-refractivity contribution >= 4 is 17.2 Å². The number of nitrogens with zero attached hydrogens (tertiary/aromatic N) is 3. The Morgan fingerprint density at radius 2 is 2.11 bits per heavy atom. The molecule has 2 heterocycles. The summed E-state index contributed by atoms with van der Waals surface area (Å²) in [5.41, 5.74) is 2.15. The zero-order chi connectivity index (χ0) is 13.0. The molecule has 0 bridgehead atoms. The number of aromatic nitrogens is 2. The van der Waals surface area contributed by atoms with Crippen LogP contribution >= 0.6 is 11.3 Å². The van der Waals surface area contributed by atoms with Gasteiger partial charge in [0.1, 0.15) is 5.82 Å². The Hall–Kier alpha value is -1.46. The molecule has 96 valence electrons. The van der Waals surface area contributed by atoms with Crippen LogP contribution in [0.1, 0.15) is 16.4 Å². The Kier molecular flexibility index (Phi) is 4.28. The molecular weight excluding hydrogens is 244 g/mol. The normalized spacial score (nSPS) is 10.6. The Morgan fingerprint density at radius 3 is 2.78 bits per heavy atom. The third-order valence-corrected chi connectivity index (χ3v) is 3.43. The van der Waals surface area contributed by atoms with Gasteiger partial charge in [-0.3, -0.25) is 0 Å². The molecule has 2 aromatic rings. The first-order chi connectivity index (χ1) is 8.69. The fourth-order valence-corrected chi connectivity index (χ4v) is 2.37. The van der Waals surface area contributed by atoms with Crippen molar-refractivity contribution < 1.29 is 0 Å². The molecule has 18 heavy (non-hydrogen) atoms. The third-order valence-electron chi connectivity index (χ3n) is 2.61. The molecule has 0 aromatic carbocycles. The lowest BCUT2D eigenvalue weighted by atomic mass is 10.3. The van der Waals surface area contributed by atoms with E-state index in [1.165, 1.54) is 0 Å². The lowest BCUT2D eigenvalue weighted by molar-refractivity contribution is 0.781. The van der Waals surface area contributed by atoms with Crippen LogP contribution in [0.25, 0.3) is 0 Å². The Labute approximate surface area is 112 Å². The van der Waals surface area contributed by atoms with Crippen molar-refractivity contribution in [1.82, 2.24) is 15.3 Å². The molecule has 0 aliphatic rings. The quantitative estimate of drug-likeness (QED) is 0.897. The van der Waals surface area contributed by atoms with Crippen molar-refractivity contribution in [2.75, 3.05) is 19.0 Å². The average molecular weight is 262 g/mol. The molecule has 1 N–H and O–H groups in total. The zero-order valence-corrected chi connectivity index (χ0v) is 11.8. The predicted molar refractivity (Wildman–Crippen MR) is 76.0 cm³/mol. The summed E-state index contributed by atoms with van der Waals surface area (Å²) in [5, 5.41) is 6.32. The van der Waals surface area contributed by atoms with Crippen LogP contribution in [0.2, 0.25) is 0 Å². The van der Waals surface area contributed by atoms with Crippen LogP contribution in [0.15, 0.2) is 23.6 Å². The van der Waals surface area contributed by atoms with Crippen LogP contribution in [-0.2, 0) is 13.1 Å². The molecule has 0 radical (unpaired) electrons. The minimum Gasteiger partial charge on any atom is -0.354 e. The van der Waals surface area contributed by atoms with Crippen LogP contribution in [0.5, 0.6) is 0 Å². The largest absolute Gasteiger partial charge is 0.354 e. The van der Waals surface area contributed by atoms with Crippen LogP contribution in [0, 0.1) is 6.92 Å². The monoisotopic (exact) mass is 262 g/mol. The summed E-state index contributed by atoms with van der Waals surface area (Å²) >= 11 is 1.68. The van der Waals surface area contributed by atoms with E-state index in [9.17, 15) is 0 Å². The topological polar surface area (TPSA) is 41.0 Å². The number of rotatable bonds is 5. The van der Waals surface area contributed by atoms with E-state index in [2.05, 4.69) is 25.6 Å². The minimum absolute atomic E-state index is 0.789. The van der Waals surface area contributed by atoms with E-state index in [4.69, 9.17) is 0 Å². The molecule has 2 aromatic heterocycles. The van der Waals surface area contributed by atoms with E-state index in [-0.39, 0.29) is 0 Å². The smallest absolute Gasteiger partial charge is 0.128 e. The summed E-state index contributed by atoms with van der Waals surface area (Å²) < 4.78 is 0. The van der Waals surface area contributed by atoms with Crippen LogP contribution in [0.4, 0.5) is 5.82 Å². The van der Waals surface area contributed by atoms with Gasteiger partial charge in [-0.15, -0.1) is 11.3 Å². The lowest BCUT2D eigenvalue weighted by Crippen LogP contribution is -2.19. The van der Waals surface area contributed by atoms with Crippen molar-refractivity contribution in [3.05, 3.63) is 40.0 Å². The SMILES string of the molecule is CNCc1cccc(N(C)Cc2csc(C)n2)n1. The van der Waals surface area contributed by atoms with E-state index >= 15 is 0 Å². The highest BCUT2D eigenvalue weighted by molar-refractivity contribution is 7.09. The lowest BCUT2D eigenvalue weighted by Gasteiger charge is -2.17. The molecule has 0 spiro atoms. The van der Waals surface area contributed by atoms with Crippen molar-refractivity contribution in [1.29, 1.82) is 0 Å². The highest BCUT2D eigenvalue weighted by atomic mass is 32.1. The number of pyridine rings is 1. The summed E-state index contributed by atoms with van der Waals surface area (Å²) in [6.07, 6.45) is 0. The molecule has 0 atom stereocenters. The number of hydrogen-bond donors (Lipinski definition) is 1. The molecule has 0 aliphatic heterocycles. The van der Waals surface area contributed by atoms with Gasteiger partial charge in [0.15, 0.2) is 0 Å². The molecule has 4 nitrogen and oxygen atoms in total. The first-order valence-electron chi connectivity index (χ1n) is 5.91. The Morgan fingerprint density at radius 1 is 1.28 bits per heavy atom. The van der Waals surface area contributed by atoms with Crippen LogP contribution in [-0.4, -0.2) is 24.1 Å². The highest BCUT2D eigenvalue weighted by Gasteiger charge is 2.06. The van der Waals surface area contributed by atoms with E-state index in [0.29, 0.717) is 0 Å². The highest BCUT2D eigenvalue weighted by Crippen LogP contribution is 2.15. The van der Waals surface area contributed by atoms with Gasteiger partial charge in [-0.25, -0.2) is 9.97 Å². The number of anilines is 1. The van der Waals surface area contributed by atoms with Gasteiger partial charge >= 0.3 is 0 Å². The molecule has 2 rings (SSSR count). The van der Waals surface area contributed by atoms with Crippen molar-refractivity contribution in [2.24, 2.45) is 0 Å². The van der Waals surface area contributed by atoms with Gasteiger partial charge in [-0.1, -0.05) is 6.07 Å². The maximum atomic E-state index is 4.60. The number of hydrogen-bond acceptors (Lipinski definition) is 5. The van der Waals surface area contributed by atoms with Gasteiger partial charge in [-0.2, -0.15) is 0 Å². The predicted octanol–water partition coefficient (Wildman–Crippen LogP) is 2.20. The first-order valence-corrected chi connectivity index (χ1v) is 6.79. The molecular formula is C13H18N4S. The van der Waals surface area contributed by atoms with E-state index in [0.717, 1.165) is 35.3 Å². The maximum Gasteiger partial charge on any atom is 0.128 e. The summed E-state index contributed by atoms with van der Waals surface area (Å²) in [6, 6.07) is 6.09. The molecule has 5 heteroatoms. The Bertz CT molecular complexity index is 509. The van der Waals surface area contributed by atoms with E-state index in [1.54, 1.807) is 11.3 Å². The second-order valence-electron chi connectivity index (χ2n) is 4.23. The fourth-order valence-electron chi connectivity index (χ4n) is 1.76.